The molecule has 0 amide bonds. The molecule has 5 aromatic rings. The van der Waals surface area contributed by atoms with Gasteiger partial charge >= 0.3 is 0 Å². The van der Waals surface area contributed by atoms with Crippen LogP contribution in [0.1, 0.15) is 5.56 Å². The second-order valence-electron chi connectivity index (χ2n) is 15.2. The molecule has 1 N–H and O–H groups in total. The first-order chi connectivity index (χ1) is 34.2. The van der Waals surface area contributed by atoms with Crippen molar-refractivity contribution in [3.05, 3.63) is 141 Å². The van der Waals surface area contributed by atoms with Gasteiger partial charge in [-0.25, -0.2) is 0 Å². The Hall–Kier alpha value is -6.98. The van der Waals surface area contributed by atoms with E-state index in [4.69, 9.17) is 37.9 Å². The van der Waals surface area contributed by atoms with Crippen molar-refractivity contribution in [2.24, 2.45) is 20.5 Å². The molecule has 0 radical (unpaired) electrons. The SMILES string of the molecule is CN(CCOCCOCCOCCOc1cc(CO)cc(OCCOCCOCCOCCN(C)c2ccc(N=Nc3ccc([N+](=O)[O-])cc3)cc2)c1)c1ccc(N=Nc2ccc([N+](=O)[O-])cc2)cc1. The minimum absolute atomic E-state index is 0.00422. The number of ether oxygens (including phenoxy) is 8. The van der Waals surface area contributed by atoms with E-state index in [-0.39, 0.29) is 18.0 Å². The Morgan fingerprint density at radius 3 is 1.01 bits per heavy atom. The first kappa shape index (κ1) is 54.0. The van der Waals surface area contributed by atoms with Gasteiger partial charge in [0.25, 0.3) is 11.4 Å². The van der Waals surface area contributed by atoms with Gasteiger partial charge in [0.15, 0.2) is 0 Å². The molecule has 0 aliphatic heterocycles. The summed E-state index contributed by atoms with van der Waals surface area (Å²) in [6.07, 6.45) is 0. The molecule has 70 heavy (non-hydrogen) atoms. The lowest BCUT2D eigenvalue weighted by Gasteiger charge is -2.19. The Morgan fingerprint density at radius 2 is 0.714 bits per heavy atom. The van der Waals surface area contributed by atoms with Gasteiger partial charge in [-0.15, -0.1) is 0 Å². The molecule has 0 heterocycles. The minimum Gasteiger partial charge on any atom is -0.491 e. The Kier molecular flexibility index (Phi) is 24.1. The van der Waals surface area contributed by atoms with Gasteiger partial charge in [0, 0.05) is 68.9 Å². The predicted molar refractivity (Wildman–Crippen MR) is 262 cm³/mol. The van der Waals surface area contributed by atoms with Crippen molar-refractivity contribution < 1.29 is 52.8 Å². The van der Waals surface area contributed by atoms with Crippen molar-refractivity contribution >= 4 is 45.5 Å². The Morgan fingerprint density at radius 1 is 0.429 bits per heavy atom. The van der Waals surface area contributed by atoms with E-state index in [1.807, 2.05) is 62.6 Å². The van der Waals surface area contributed by atoms with Crippen molar-refractivity contribution in [3.63, 3.8) is 0 Å². The number of nitrogens with zero attached hydrogens (tertiary/aromatic N) is 8. The van der Waals surface area contributed by atoms with E-state index in [0.29, 0.717) is 145 Å². The summed E-state index contributed by atoms with van der Waals surface area (Å²) in [6.45, 7) is 7.04. The quantitative estimate of drug-likeness (QED) is 0.0173. The number of likely N-dealkylation sites (N-methyl/N-ethyl adjacent to an activating group) is 2. The van der Waals surface area contributed by atoms with Gasteiger partial charge in [0.2, 0.25) is 0 Å². The highest BCUT2D eigenvalue weighted by Crippen LogP contribution is 2.26. The predicted octanol–water partition coefficient (Wildman–Crippen LogP) is 8.96. The third-order valence-electron chi connectivity index (χ3n) is 10.0. The monoisotopic (exact) mass is 968 g/mol. The van der Waals surface area contributed by atoms with E-state index in [2.05, 4.69) is 30.3 Å². The first-order valence-electron chi connectivity index (χ1n) is 22.6. The molecule has 0 atom stereocenters. The lowest BCUT2D eigenvalue weighted by atomic mass is 10.2. The van der Waals surface area contributed by atoms with E-state index < -0.39 is 9.85 Å². The minimum atomic E-state index is -0.456. The molecule has 5 rings (SSSR count). The molecule has 0 bridgehead atoms. The number of hydrogen-bond acceptors (Lipinski definition) is 19. The van der Waals surface area contributed by atoms with Gasteiger partial charge in [-0.05, 0) is 90.5 Å². The zero-order valence-corrected chi connectivity index (χ0v) is 39.4. The van der Waals surface area contributed by atoms with E-state index in [9.17, 15) is 25.3 Å². The van der Waals surface area contributed by atoms with Gasteiger partial charge in [-0.1, -0.05) is 0 Å². The molecule has 0 saturated carbocycles. The number of rotatable bonds is 35. The maximum atomic E-state index is 10.8. The molecule has 0 aliphatic carbocycles. The van der Waals surface area contributed by atoms with Crippen LogP contribution in [0.15, 0.2) is 136 Å². The van der Waals surface area contributed by atoms with Crippen LogP contribution < -0.4 is 19.3 Å². The highest BCUT2D eigenvalue weighted by molar-refractivity contribution is 5.54. The standard InChI is InChI=1S/C49H60N8O13/c1-54(44-11-3-40(4-12-44)50-52-42-7-15-46(16-8-42)56(59)60)19-21-63-23-25-65-27-29-67-31-33-69-48-35-39(38-58)36-49(37-48)70-34-32-68-30-28-66-26-24-64-22-20-55(2)45-13-5-41(6-14-45)51-53-43-9-17-47(18-10-43)57(61)62/h3-18,35-37,58H,19-34,38H2,1-2H3. The number of azo groups is 2. The number of aliphatic hydroxyl groups is 1. The van der Waals surface area contributed by atoms with Gasteiger partial charge in [0.05, 0.1) is 118 Å². The van der Waals surface area contributed by atoms with E-state index >= 15 is 0 Å². The molecule has 0 unspecified atom stereocenters. The lowest BCUT2D eigenvalue weighted by molar-refractivity contribution is -0.385. The number of nitro benzene ring substituents is 2. The average molecular weight is 969 g/mol. The van der Waals surface area contributed by atoms with Crippen LogP contribution in [0.4, 0.5) is 45.5 Å². The molecular formula is C49H60N8O13. The molecule has 374 valence electrons. The van der Waals surface area contributed by atoms with E-state index in [0.717, 1.165) is 11.4 Å². The smallest absolute Gasteiger partial charge is 0.269 e. The first-order valence-corrected chi connectivity index (χ1v) is 22.6. The van der Waals surface area contributed by atoms with Gasteiger partial charge in [0.1, 0.15) is 24.7 Å². The zero-order chi connectivity index (χ0) is 49.6. The molecular weight excluding hydrogens is 909 g/mol. The van der Waals surface area contributed by atoms with Crippen molar-refractivity contribution in [3.8, 4) is 11.5 Å². The molecule has 0 aromatic heterocycles. The van der Waals surface area contributed by atoms with Crippen LogP contribution in [0.25, 0.3) is 0 Å². The molecule has 5 aromatic carbocycles. The fourth-order valence-electron chi connectivity index (χ4n) is 6.13. The summed E-state index contributed by atoms with van der Waals surface area (Å²) in [4.78, 5) is 24.8. The molecule has 0 spiro atoms. The zero-order valence-electron chi connectivity index (χ0n) is 39.4. The molecule has 21 heteroatoms. The summed E-state index contributed by atoms with van der Waals surface area (Å²) >= 11 is 0. The number of benzene rings is 5. The fraction of sp³-hybridized carbons (Fsp3) is 0.388. The van der Waals surface area contributed by atoms with Crippen LogP contribution in [0.2, 0.25) is 0 Å². The third kappa shape index (κ3) is 20.7. The Balaban J connectivity index is 0.807. The topological polar surface area (TPSA) is 236 Å². The van der Waals surface area contributed by atoms with Crippen LogP contribution in [0.5, 0.6) is 11.5 Å². The Bertz CT molecular complexity index is 2180. The Labute approximate surface area is 406 Å². The lowest BCUT2D eigenvalue weighted by Crippen LogP contribution is -2.23. The van der Waals surface area contributed by atoms with Crippen LogP contribution in [0.3, 0.4) is 0 Å². The summed E-state index contributed by atoms with van der Waals surface area (Å²) in [6, 6.07) is 32.2. The van der Waals surface area contributed by atoms with Crippen LogP contribution in [-0.4, -0.2) is 135 Å². The number of hydrogen-bond donors (Lipinski definition) is 1. The normalized spacial score (nSPS) is 11.4. The summed E-state index contributed by atoms with van der Waals surface area (Å²) in [5.74, 6) is 1.12. The van der Waals surface area contributed by atoms with Crippen molar-refractivity contribution in [1.82, 2.24) is 0 Å². The summed E-state index contributed by atoms with van der Waals surface area (Å²) in [5, 5.41) is 48.0. The largest absolute Gasteiger partial charge is 0.491 e. The van der Waals surface area contributed by atoms with Crippen LogP contribution >= 0.6 is 0 Å². The second-order valence-corrected chi connectivity index (χ2v) is 15.2. The summed E-state index contributed by atoms with van der Waals surface area (Å²) in [5.41, 5.74) is 5.05. The van der Waals surface area contributed by atoms with Crippen molar-refractivity contribution in [2.45, 2.75) is 6.61 Å². The molecule has 21 nitrogen and oxygen atoms in total. The number of aliphatic hydroxyl groups excluding tert-OH is 1. The fourth-order valence-corrected chi connectivity index (χ4v) is 6.13. The molecule has 0 fully saturated rings. The van der Waals surface area contributed by atoms with E-state index in [1.54, 1.807) is 42.5 Å². The maximum absolute atomic E-state index is 10.8. The number of anilines is 2. The van der Waals surface area contributed by atoms with Crippen LogP contribution in [0, 0.1) is 20.2 Å². The highest BCUT2D eigenvalue weighted by atomic mass is 16.6. The number of nitro groups is 2. The van der Waals surface area contributed by atoms with E-state index in [1.165, 1.54) is 24.3 Å². The molecule has 0 saturated heterocycles. The molecule has 0 aliphatic rings. The van der Waals surface area contributed by atoms with Gasteiger partial charge in [-0.3, -0.25) is 20.2 Å². The average Bonchev–Trinajstić information content (AvgIpc) is 3.38. The highest BCUT2D eigenvalue weighted by Gasteiger charge is 2.08. The van der Waals surface area contributed by atoms with Gasteiger partial charge in [-0.2, -0.15) is 20.5 Å². The number of non-ortho nitro benzene ring substituents is 2. The van der Waals surface area contributed by atoms with Crippen LogP contribution in [-0.2, 0) is 35.0 Å². The van der Waals surface area contributed by atoms with Gasteiger partial charge < -0.3 is 52.8 Å². The summed E-state index contributed by atoms with van der Waals surface area (Å²) in [7, 11) is 3.95. The van der Waals surface area contributed by atoms with Crippen molar-refractivity contribution in [1.29, 1.82) is 0 Å². The maximum Gasteiger partial charge on any atom is 0.269 e. The summed E-state index contributed by atoms with van der Waals surface area (Å²) < 4.78 is 45.6. The van der Waals surface area contributed by atoms with Crippen molar-refractivity contribution in [2.75, 3.05) is 129 Å². The third-order valence-corrected chi connectivity index (χ3v) is 10.0. The second kappa shape index (κ2) is 31.2.